The molecule has 182 valence electrons. The van der Waals surface area contributed by atoms with Gasteiger partial charge in [0.15, 0.2) is 5.82 Å². The van der Waals surface area contributed by atoms with Gasteiger partial charge in [-0.15, -0.1) is 0 Å². The molecular weight excluding hydrogens is 460 g/mol. The predicted octanol–water partition coefficient (Wildman–Crippen LogP) is 1.83. The molecular formula is C25H24N8O3. The molecule has 1 unspecified atom stereocenters. The van der Waals surface area contributed by atoms with Crippen molar-refractivity contribution >= 4 is 17.4 Å². The summed E-state index contributed by atoms with van der Waals surface area (Å²) in [7, 11) is 1.52. The zero-order valence-corrected chi connectivity index (χ0v) is 19.9. The van der Waals surface area contributed by atoms with Gasteiger partial charge >= 0.3 is 0 Å². The van der Waals surface area contributed by atoms with Gasteiger partial charge in [-0.2, -0.15) is 5.10 Å². The number of imidazole rings is 1. The van der Waals surface area contributed by atoms with Gasteiger partial charge in [0, 0.05) is 36.5 Å². The van der Waals surface area contributed by atoms with E-state index in [9.17, 15) is 9.59 Å². The standard InChI is InChI=1S/C25H24N8O3/c1-15-28-14-33(30-15)24-22-21(20(36-2)11-27-24)17(10-26-22)23(34)25(35)31-9-8-19-18(12-31)29-13-32(19)16-6-4-3-5-7-16/h3-7,11,13-14,17,26H,8-10,12H2,1-2H3. The maximum absolute atomic E-state index is 13.5. The van der Waals surface area contributed by atoms with E-state index in [1.54, 1.807) is 35.4 Å². The van der Waals surface area contributed by atoms with Crippen molar-refractivity contribution in [1.82, 2.24) is 34.2 Å². The minimum Gasteiger partial charge on any atom is -0.495 e. The molecule has 0 saturated carbocycles. The minimum absolute atomic E-state index is 0.268. The molecule has 1 aromatic carbocycles. The van der Waals surface area contributed by atoms with Crippen LogP contribution in [0.1, 0.15) is 28.7 Å². The fourth-order valence-electron chi connectivity index (χ4n) is 4.93. The Morgan fingerprint density at radius 1 is 1.11 bits per heavy atom. The van der Waals surface area contributed by atoms with Gasteiger partial charge in [-0.25, -0.2) is 19.6 Å². The largest absolute Gasteiger partial charge is 0.495 e. The Balaban J connectivity index is 1.26. The van der Waals surface area contributed by atoms with Crippen molar-refractivity contribution < 1.29 is 14.3 Å². The number of fused-ring (bicyclic) bond motifs is 2. The lowest BCUT2D eigenvalue weighted by atomic mass is 9.95. The SMILES string of the molecule is COc1cnc(-n2cnc(C)n2)c2c1C(C(=O)C(=O)N1CCc3c(ncn3-c3ccccc3)C1)CN2. The molecule has 6 rings (SSSR count). The number of rotatable bonds is 5. The summed E-state index contributed by atoms with van der Waals surface area (Å²) < 4.78 is 9.10. The molecule has 2 aliphatic heterocycles. The number of ketones is 1. The fraction of sp³-hybridized carbons (Fsp3) is 0.280. The van der Waals surface area contributed by atoms with Gasteiger partial charge in [-0.1, -0.05) is 18.2 Å². The summed E-state index contributed by atoms with van der Waals surface area (Å²) in [6.45, 7) is 2.79. The van der Waals surface area contributed by atoms with Gasteiger partial charge in [0.1, 0.15) is 17.9 Å². The zero-order chi connectivity index (χ0) is 24.8. The second-order valence-corrected chi connectivity index (χ2v) is 8.79. The molecule has 4 aromatic rings. The normalized spacial score (nSPS) is 16.3. The highest BCUT2D eigenvalue weighted by atomic mass is 16.5. The Kier molecular flexibility index (Phi) is 5.24. The first-order valence-electron chi connectivity index (χ1n) is 11.7. The third-order valence-electron chi connectivity index (χ3n) is 6.70. The van der Waals surface area contributed by atoms with E-state index in [-0.39, 0.29) is 6.54 Å². The molecule has 2 aliphatic rings. The molecule has 0 bridgehead atoms. The van der Waals surface area contributed by atoms with Crippen LogP contribution in [0, 0.1) is 6.92 Å². The van der Waals surface area contributed by atoms with Crippen LogP contribution in [0.4, 0.5) is 5.69 Å². The first-order chi connectivity index (χ1) is 17.5. The molecule has 1 N–H and O–H groups in total. The van der Waals surface area contributed by atoms with Crippen LogP contribution in [-0.2, 0) is 22.6 Å². The van der Waals surface area contributed by atoms with E-state index in [1.807, 2.05) is 34.9 Å². The summed E-state index contributed by atoms with van der Waals surface area (Å²) in [5.74, 6) is -0.157. The van der Waals surface area contributed by atoms with Crippen molar-refractivity contribution in [1.29, 1.82) is 0 Å². The fourth-order valence-corrected chi connectivity index (χ4v) is 4.93. The third kappa shape index (κ3) is 3.51. The quantitative estimate of drug-likeness (QED) is 0.426. The Morgan fingerprint density at radius 2 is 1.94 bits per heavy atom. The molecule has 1 amide bonds. The van der Waals surface area contributed by atoms with Crippen molar-refractivity contribution in [3.8, 4) is 17.3 Å². The number of aromatic nitrogens is 6. The lowest BCUT2D eigenvalue weighted by molar-refractivity contribution is -0.145. The van der Waals surface area contributed by atoms with Crippen molar-refractivity contribution in [3.05, 3.63) is 72.0 Å². The van der Waals surface area contributed by atoms with Crippen LogP contribution in [-0.4, -0.2) is 66.1 Å². The molecule has 0 saturated heterocycles. The molecule has 0 spiro atoms. The van der Waals surface area contributed by atoms with Gasteiger partial charge in [0.2, 0.25) is 5.78 Å². The summed E-state index contributed by atoms with van der Waals surface area (Å²) in [5, 5.41) is 7.57. The Bertz CT molecular complexity index is 1480. The van der Waals surface area contributed by atoms with Crippen molar-refractivity contribution in [3.63, 3.8) is 0 Å². The number of anilines is 1. The lowest BCUT2D eigenvalue weighted by Gasteiger charge is -2.27. The van der Waals surface area contributed by atoms with Crippen molar-refractivity contribution in [2.24, 2.45) is 0 Å². The summed E-state index contributed by atoms with van der Waals surface area (Å²) in [6.07, 6.45) is 5.50. The van der Waals surface area contributed by atoms with Gasteiger partial charge in [0.25, 0.3) is 5.91 Å². The van der Waals surface area contributed by atoms with Gasteiger partial charge in [0.05, 0.1) is 43.5 Å². The number of amides is 1. The lowest BCUT2D eigenvalue weighted by Crippen LogP contribution is -2.42. The van der Waals surface area contributed by atoms with Gasteiger partial charge in [-0.3, -0.25) is 9.59 Å². The average Bonchev–Trinajstić information content (AvgIpc) is 3.65. The topological polar surface area (TPSA) is 120 Å². The van der Waals surface area contributed by atoms with E-state index >= 15 is 0 Å². The first kappa shape index (κ1) is 22.0. The first-order valence-corrected chi connectivity index (χ1v) is 11.7. The highest BCUT2D eigenvalue weighted by molar-refractivity contribution is 6.38. The number of Topliss-reactive ketones (excluding diaryl/α,β-unsaturated/α-hetero) is 1. The van der Waals surface area contributed by atoms with Crippen LogP contribution >= 0.6 is 0 Å². The number of carbonyl (C=O) groups is 2. The number of benzene rings is 1. The Morgan fingerprint density at radius 3 is 2.69 bits per heavy atom. The number of para-hydroxylation sites is 1. The van der Waals surface area contributed by atoms with E-state index in [4.69, 9.17) is 4.74 Å². The van der Waals surface area contributed by atoms with E-state index in [0.29, 0.717) is 48.2 Å². The summed E-state index contributed by atoms with van der Waals surface area (Å²) in [4.78, 5) is 41.6. The number of methoxy groups -OCH3 is 1. The molecule has 36 heavy (non-hydrogen) atoms. The van der Waals surface area contributed by atoms with Gasteiger partial charge in [-0.05, 0) is 19.1 Å². The van der Waals surface area contributed by atoms with Crippen LogP contribution in [0.2, 0.25) is 0 Å². The molecule has 3 aromatic heterocycles. The number of aryl methyl sites for hydroxylation is 1. The number of hydrogen-bond donors (Lipinski definition) is 1. The summed E-state index contributed by atoms with van der Waals surface area (Å²) in [5.41, 5.74) is 4.12. The van der Waals surface area contributed by atoms with Crippen molar-refractivity contribution in [2.45, 2.75) is 25.8 Å². The summed E-state index contributed by atoms with van der Waals surface area (Å²) in [6, 6.07) is 9.96. The van der Waals surface area contributed by atoms with Crippen LogP contribution in [0.15, 0.2) is 49.2 Å². The summed E-state index contributed by atoms with van der Waals surface area (Å²) >= 11 is 0. The smallest absolute Gasteiger partial charge is 0.291 e. The molecule has 11 heteroatoms. The van der Waals surface area contributed by atoms with Crippen LogP contribution < -0.4 is 10.1 Å². The average molecular weight is 485 g/mol. The van der Waals surface area contributed by atoms with E-state index in [2.05, 4.69) is 25.4 Å². The van der Waals surface area contributed by atoms with E-state index < -0.39 is 17.6 Å². The van der Waals surface area contributed by atoms with Crippen LogP contribution in [0.3, 0.4) is 0 Å². The highest BCUT2D eigenvalue weighted by Crippen LogP contribution is 2.42. The number of carbonyl (C=O) groups excluding carboxylic acids is 2. The second-order valence-electron chi connectivity index (χ2n) is 8.79. The molecule has 0 radical (unpaired) electrons. The molecule has 1 atom stereocenters. The number of nitrogens with zero attached hydrogens (tertiary/aromatic N) is 7. The number of hydrogen-bond acceptors (Lipinski definition) is 8. The monoisotopic (exact) mass is 484 g/mol. The van der Waals surface area contributed by atoms with E-state index in [0.717, 1.165) is 17.1 Å². The molecule has 0 fully saturated rings. The predicted molar refractivity (Wildman–Crippen MR) is 129 cm³/mol. The molecule has 0 aliphatic carbocycles. The number of ether oxygens (including phenoxy) is 1. The number of pyridine rings is 1. The maximum Gasteiger partial charge on any atom is 0.291 e. The van der Waals surface area contributed by atoms with Crippen molar-refractivity contribution in [2.75, 3.05) is 25.5 Å². The molecule has 11 nitrogen and oxygen atoms in total. The van der Waals surface area contributed by atoms with Crippen LogP contribution in [0.5, 0.6) is 5.75 Å². The van der Waals surface area contributed by atoms with Gasteiger partial charge < -0.3 is 19.5 Å². The zero-order valence-electron chi connectivity index (χ0n) is 19.9. The van der Waals surface area contributed by atoms with E-state index in [1.165, 1.54) is 7.11 Å². The minimum atomic E-state index is -0.697. The maximum atomic E-state index is 13.5. The number of nitrogens with one attached hydrogen (secondary N) is 1. The Hall–Kier alpha value is -4.54. The van der Waals surface area contributed by atoms with Crippen LogP contribution in [0.25, 0.3) is 11.5 Å². The second kappa shape index (κ2) is 8.59. The highest BCUT2D eigenvalue weighted by Gasteiger charge is 2.40. The third-order valence-corrected chi connectivity index (χ3v) is 6.70. The Labute approximate surface area is 206 Å². The molecule has 5 heterocycles.